The van der Waals surface area contributed by atoms with Crippen molar-refractivity contribution in [2.24, 2.45) is 0 Å². The lowest BCUT2D eigenvalue weighted by molar-refractivity contribution is 0.0601. The first-order chi connectivity index (χ1) is 14.9. The van der Waals surface area contributed by atoms with Crippen molar-refractivity contribution in [3.8, 4) is 39.9 Å². The molecule has 0 N–H and O–H groups in total. The normalized spacial score (nSPS) is 10.5. The lowest BCUT2D eigenvalue weighted by Gasteiger charge is -2.19. The van der Waals surface area contributed by atoms with Gasteiger partial charge in [-0.15, -0.1) is 0 Å². The summed E-state index contributed by atoms with van der Waals surface area (Å²) < 4.78 is 32.6. The molecule has 3 aromatic carbocycles. The molecule has 3 aromatic rings. The molecule has 0 aliphatic carbocycles. The van der Waals surface area contributed by atoms with E-state index in [0.717, 1.165) is 16.3 Å². The number of rotatable bonds is 7. The van der Waals surface area contributed by atoms with Gasteiger partial charge >= 0.3 is 5.97 Å². The summed E-state index contributed by atoms with van der Waals surface area (Å²) in [5.41, 5.74) is 2.57. The van der Waals surface area contributed by atoms with Crippen molar-refractivity contribution in [3.63, 3.8) is 0 Å². The number of hydrogen-bond acceptors (Lipinski definition) is 7. The van der Waals surface area contributed by atoms with Gasteiger partial charge in [-0.2, -0.15) is 0 Å². The monoisotopic (exact) mass is 426 g/mol. The van der Waals surface area contributed by atoms with Crippen molar-refractivity contribution in [2.75, 3.05) is 42.7 Å². The first-order valence-corrected chi connectivity index (χ1v) is 9.52. The van der Waals surface area contributed by atoms with Crippen molar-refractivity contribution >= 4 is 16.7 Å². The minimum Gasteiger partial charge on any atom is -0.493 e. The molecular weight excluding hydrogens is 400 g/mol. The number of hydrogen-bond donors (Lipinski definition) is 0. The molecule has 0 heterocycles. The highest BCUT2D eigenvalue weighted by Crippen LogP contribution is 2.46. The quantitative estimate of drug-likeness (QED) is 0.510. The Labute approximate surface area is 181 Å². The maximum atomic E-state index is 12.8. The van der Waals surface area contributed by atoms with Gasteiger partial charge in [-0.05, 0) is 53.1 Å². The maximum Gasteiger partial charge on any atom is 0.338 e. The third kappa shape index (κ3) is 3.79. The van der Waals surface area contributed by atoms with Crippen LogP contribution in [0, 0.1) is 6.92 Å². The van der Waals surface area contributed by atoms with E-state index in [1.165, 1.54) is 7.11 Å². The van der Waals surface area contributed by atoms with Crippen LogP contribution < -0.4 is 23.7 Å². The summed E-state index contributed by atoms with van der Waals surface area (Å²) in [4.78, 5) is 12.8. The van der Waals surface area contributed by atoms with Crippen LogP contribution in [0.1, 0.15) is 15.9 Å². The third-order valence-corrected chi connectivity index (χ3v) is 5.18. The Morgan fingerprint density at radius 2 is 1.23 bits per heavy atom. The summed E-state index contributed by atoms with van der Waals surface area (Å²) in [5, 5.41) is 1.67. The summed E-state index contributed by atoms with van der Waals surface area (Å²) in [5.74, 6) is 2.10. The zero-order valence-corrected chi connectivity index (χ0v) is 18.7. The van der Waals surface area contributed by atoms with E-state index in [1.807, 2.05) is 25.1 Å². The number of ether oxygens (including phenoxy) is 6. The molecule has 0 saturated heterocycles. The molecule has 164 valence electrons. The highest BCUT2D eigenvalue weighted by atomic mass is 16.5. The zero-order chi connectivity index (χ0) is 22.7. The predicted molar refractivity (Wildman–Crippen MR) is 118 cm³/mol. The minimum atomic E-state index is -0.446. The number of carbonyl (C=O) groups excluding carboxylic acids is 1. The predicted octanol–water partition coefficient (Wildman–Crippen LogP) is 4.64. The van der Waals surface area contributed by atoms with Gasteiger partial charge in [0.1, 0.15) is 0 Å². The van der Waals surface area contributed by atoms with Gasteiger partial charge in [0, 0.05) is 5.56 Å². The van der Waals surface area contributed by atoms with Crippen molar-refractivity contribution in [2.45, 2.75) is 6.92 Å². The maximum absolute atomic E-state index is 12.8. The number of aryl methyl sites for hydroxylation is 1. The third-order valence-electron chi connectivity index (χ3n) is 5.18. The van der Waals surface area contributed by atoms with Crippen LogP contribution in [0.2, 0.25) is 0 Å². The van der Waals surface area contributed by atoms with E-state index < -0.39 is 5.97 Å². The Balaban J connectivity index is 2.51. The van der Waals surface area contributed by atoms with E-state index in [9.17, 15) is 4.79 Å². The first kappa shape index (κ1) is 22.1. The molecule has 0 fully saturated rings. The van der Waals surface area contributed by atoms with E-state index >= 15 is 0 Å². The highest BCUT2D eigenvalue weighted by molar-refractivity contribution is 6.10. The number of esters is 1. The number of methoxy groups -OCH3 is 6. The summed E-state index contributed by atoms with van der Waals surface area (Å²) in [7, 11) is 9.14. The smallest absolute Gasteiger partial charge is 0.338 e. The van der Waals surface area contributed by atoms with Crippen LogP contribution in [0.5, 0.6) is 28.7 Å². The molecule has 0 atom stereocenters. The fraction of sp³-hybridized carbons (Fsp3) is 0.292. The van der Waals surface area contributed by atoms with Crippen LogP contribution in [0.15, 0.2) is 30.3 Å². The topological polar surface area (TPSA) is 72.5 Å². The van der Waals surface area contributed by atoms with E-state index in [4.69, 9.17) is 28.4 Å². The van der Waals surface area contributed by atoms with E-state index in [0.29, 0.717) is 45.4 Å². The Kier molecular flexibility index (Phi) is 6.44. The van der Waals surface area contributed by atoms with Crippen molar-refractivity contribution < 1.29 is 33.2 Å². The number of benzene rings is 3. The van der Waals surface area contributed by atoms with E-state index in [2.05, 4.69) is 0 Å². The van der Waals surface area contributed by atoms with Gasteiger partial charge in [-0.3, -0.25) is 0 Å². The summed E-state index contributed by atoms with van der Waals surface area (Å²) in [6, 6.07) is 9.25. The average molecular weight is 426 g/mol. The SMILES string of the molecule is COC(=O)c1c(C)cc2cc(OC)c(OC)cc2c1-c1cc(OC)c(OC)c(OC)c1. The lowest BCUT2D eigenvalue weighted by Crippen LogP contribution is -2.07. The average Bonchev–Trinajstić information content (AvgIpc) is 2.80. The molecule has 0 aliphatic rings. The second kappa shape index (κ2) is 9.04. The second-order valence-corrected chi connectivity index (χ2v) is 6.78. The standard InChI is InChI=1S/C24H26O7/c1-13-8-14-9-17(26-2)18(27-3)12-16(14)22(21(13)24(25)31-7)15-10-19(28-4)23(30-6)20(11-15)29-5/h8-12H,1-7H3. The first-order valence-electron chi connectivity index (χ1n) is 9.52. The molecule has 0 aliphatic heterocycles. The van der Waals surface area contributed by atoms with Crippen LogP contribution >= 0.6 is 0 Å². The van der Waals surface area contributed by atoms with Crippen LogP contribution in [-0.2, 0) is 4.74 Å². The van der Waals surface area contributed by atoms with Gasteiger partial charge < -0.3 is 28.4 Å². The number of carbonyl (C=O) groups is 1. The Hall–Kier alpha value is -3.61. The lowest BCUT2D eigenvalue weighted by atomic mass is 9.89. The number of fused-ring (bicyclic) bond motifs is 1. The Bertz CT molecular complexity index is 1110. The van der Waals surface area contributed by atoms with Gasteiger partial charge in [-0.1, -0.05) is 6.07 Å². The van der Waals surface area contributed by atoms with Crippen LogP contribution in [0.25, 0.3) is 21.9 Å². The second-order valence-electron chi connectivity index (χ2n) is 6.78. The summed E-state index contributed by atoms with van der Waals surface area (Å²) in [6.45, 7) is 1.86. The molecule has 7 nitrogen and oxygen atoms in total. The fourth-order valence-electron chi connectivity index (χ4n) is 3.76. The van der Waals surface area contributed by atoms with Gasteiger partial charge in [-0.25, -0.2) is 4.79 Å². The Morgan fingerprint density at radius 1 is 0.677 bits per heavy atom. The largest absolute Gasteiger partial charge is 0.493 e. The zero-order valence-electron chi connectivity index (χ0n) is 18.7. The van der Waals surface area contributed by atoms with Crippen molar-refractivity contribution in [1.29, 1.82) is 0 Å². The van der Waals surface area contributed by atoms with Gasteiger partial charge in [0.25, 0.3) is 0 Å². The molecule has 0 radical (unpaired) electrons. The van der Waals surface area contributed by atoms with Crippen LogP contribution in [-0.4, -0.2) is 48.6 Å². The van der Waals surface area contributed by atoms with Crippen molar-refractivity contribution in [3.05, 3.63) is 41.5 Å². The van der Waals surface area contributed by atoms with E-state index in [1.54, 1.807) is 47.7 Å². The van der Waals surface area contributed by atoms with E-state index in [-0.39, 0.29) is 0 Å². The summed E-state index contributed by atoms with van der Waals surface area (Å²) >= 11 is 0. The molecule has 7 heteroatoms. The molecule has 3 rings (SSSR count). The molecule has 0 aromatic heterocycles. The molecule has 0 bridgehead atoms. The molecule has 0 spiro atoms. The highest BCUT2D eigenvalue weighted by Gasteiger charge is 2.24. The van der Waals surface area contributed by atoms with Gasteiger partial charge in [0.15, 0.2) is 23.0 Å². The Morgan fingerprint density at radius 3 is 1.71 bits per heavy atom. The molecule has 0 saturated carbocycles. The molecule has 0 amide bonds. The van der Waals surface area contributed by atoms with Crippen molar-refractivity contribution in [1.82, 2.24) is 0 Å². The van der Waals surface area contributed by atoms with Crippen LogP contribution in [0.4, 0.5) is 0 Å². The van der Waals surface area contributed by atoms with Crippen LogP contribution in [0.3, 0.4) is 0 Å². The molecular formula is C24H26O7. The minimum absolute atomic E-state index is 0.441. The molecule has 31 heavy (non-hydrogen) atoms. The van der Waals surface area contributed by atoms with Gasteiger partial charge in [0.2, 0.25) is 5.75 Å². The fourth-order valence-corrected chi connectivity index (χ4v) is 3.76. The van der Waals surface area contributed by atoms with Gasteiger partial charge in [0.05, 0.1) is 48.2 Å². The summed E-state index contributed by atoms with van der Waals surface area (Å²) in [6.07, 6.45) is 0. The molecule has 0 unspecified atom stereocenters.